The van der Waals surface area contributed by atoms with Crippen LogP contribution in [0.3, 0.4) is 0 Å². The molecule has 0 aromatic heterocycles. The molecule has 106 valence electrons. The number of nitrogens with zero attached hydrogens (tertiary/aromatic N) is 1. The van der Waals surface area contributed by atoms with Gasteiger partial charge in [0.1, 0.15) is 0 Å². The van der Waals surface area contributed by atoms with Gasteiger partial charge in [0, 0.05) is 26.2 Å². The van der Waals surface area contributed by atoms with Crippen molar-refractivity contribution in [3.05, 3.63) is 0 Å². The van der Waals surface area contributed by atoms with Gasteiger partial charge in [0.2, 0.25) is 0 Å². The van der Waals surface area contributed by atoms with E-state index >= 15 is 0 Å². The van der Waals surface area contributed by atoms with Crippen LogP contribution in [0, 0.1) is 0 Å². The first-order chi connectivity index (χ1) is 8.38. The fourth-order valence-corrected chi connectivity index (χ4v) is 2.65. The Hall–Kier alpha value is -0.0400. The molecule has 0 spiro atoms. The highest BCUT2D eigenvalue weighted by Gasteiger charge is 2.17. The molecule has 2 fully saturated rings. The molecule has 0 radical (unpaired) electrons. The summed E-state index contributed by atoms with van der Waals surface area (Å²) in [6, 6.07) is 0.611. The normalized spacial score (nSPS) is 25.6. The van der Waals surface area contributed by atoms with Gasteiger partial charge in [-0.3, -0.25) is 4.99 Å². The van der Waals surface area contributed by atoms with Crippen LogP contribution in [0.5, 0.6) is 0 Å². The molecule has 1 heterocycles. The molecule has 2 aliphatic rings. The van der Waals surface area contributed by atoms with E-state index in [2.05, 4.69) is 15.6 Å². The van der Waals surface area contributed by atoms with E-state index in [9.17, 15) is 0 Å². The van der Waals surface area contributed by atoms with E-state index in [4.69, 9.17) is 4.74 Å². The maximum Gasteiger partial charge on any atom is 0.191 e. The second kappa shape index (κ2) is 8.96. The van der Waals surface area contributed by atoms with Crippen LogP contribution in [0.2, 0.25) is 0 Å². The minimum Gasteiger partial charge on any atom is -0.376 e. The molecule has 0 amide bonds. The van der Waals surface area contributed by atoms with Gasteiger partial charge in [0.05, 0.1) is 6.10 Å². The molecule has 1 unspecified atom stereocenters. The number of aliphatic imine (C=N–C) groups is 1. The SMILES string of the molecule is CN=C(NCC1CCCO1)NC1CCCCC1.I. The zero-order valence-corrected chi connectivity index (χ0v) is 13.6. The van der Waals surface area contributed by atoms with Crippen LogP contribution in [-0.2, 0) is 4.74 Å². The molecule has 0 aromatic rings. The molecule has 1 saturated heterocycles. The van der Waals surface area contributed by atoms with Crippen LogP contribution >= 0.6 is 24.0 Å². The average molecular weight is 367 g/mol. The van der Waals surface area contributed by atoms with E-state index in [1.54, 1.807) is 0 Å². The van der Waals surface area contributed by atoms with Crippen molar-refractivity contribution in [1.29, 1.82) is 0 Å². The van der Waals surface area contributed by atoms with E-state index in [1.165, 1.54) is 44.9 Å². The average Bonchev–Trinajstić information content (AvgIpc) is 2.89. The van der Waals surface area contributed by atoms with Gasteiger partial charge in [0.15, 0.2) is 5.96 Å². The summed E-state index contributed by atoms with van der Waals surface area (Å²) in [5.41, 5.74) is 0. The fourth-order valence-electron chi connectivity index (χ4n) is 2.65. The molecule has 5 heteroatoms. The third-order valence-electron chi connectivity index (χ3n) is 3.69. The first-order valence-corrected chi connectivity index (χ1v) is 6.97. The molecule has 1 atom stereocenters. The summed E-state index contributed by atoms with van der Waals surface area (Å²) in [5.74, 6) is 0.937. The summed E-state index contributed by atoms with van der Waals surface area (Å²) in [7, 11) is 1.84. The van der Waals surface area contributed by atoms with Gasteiger partial charge in [-0.15, -0.1) is 24.0 Å². The first-order valence-electron chi connectivity index (χ1n) is 6.97. The predicted molar refractivity (Wildman–Crippen MR) is 85.8 cm³/mol. The zero-order valence-electron chi connectivity index (χ0n) is 11.3. The molecule has 2 N–H and O–H groups in total. The van der Waals surface area contributed by atoms with Crippen LogP contribution in [-0.4, -0.2) is 38.3 Å². The van der Waals surface area contributed by atoms with Crippen molar-refractivity contribution in [2.45, 2.75) is 57.1 Å². The first kappa shape index (κ1) is 16.0. The number of guanidine groups is 1. The van der Waals surface area contributed by atoms with Crippen LogP contribution in [0.4, 0.5) is 0 Å². The van der Waals surface area contributed by atoms with Crippen molar-refractivity contribution >= 4 is 29.9 Å². The molecule has 1 aliphatic carbocycles. The highest BCUT2D eigenvalue weighted by atomic mass is 127. The maximum atomic E-state index is 5.59. The lowest BCUT2D eigenvalue weighted by molar-refractivity contribution is 0.113. The van der Waals surface area contributed by atoms with Gasteiger partial charge in [-0.1, -0.05) is 19.3 Å². The minimum absolute atomic E-state index is 0. The Morgan fingerprint density at radius 2 is 1.94 bits per heavy atom. The Balaban J connectivity index is 0.00000162. The molecule has 4 nitrogen and oxygen atoms in total. The molecular formula is C13H26IN3O. The summed E-state index contributed by atoms with van der Waals surface area (Å²) in [6.45, 7) is 1.80. The third-order valence-corrected chi connectivity index (χ3v) is 3.69. The van der Waals surface area contributed by atoms with Crippen LogP contribution in [0.1, 0.15) is 44.9 Å². The summed E-state index contributed by atoms with van der Waals surface area (Å²) in [6.07, 6.45) is 9.39. The molecule has 2 rings (SSSR count). The molecule has 1 aliphatic heterocycles. The Morgan fingerprint density at radius 1 is 1.17 bits per heavy atom. The number of halogens is 1. The molecule has 0 bridgehead atoms. The summed E-state index contributed by atoms with van der Waals surface area (Å²) in [5, 5.41) is 6.89. The lowest BCUT2D eigenvalue weighted by atomic mass is 9.96. The fraction of sp³-hybridized carbons (Fsp3) is 0.923. The van der Waals surface area contributed by atoms with E-state index in [1.807, 2.05) is 7.05 Å². The minimum atomic E-state index is 0. The Kier molecular flexibility index (Phi) is 7.97. The highest BCUT2D eigenvalue weighted by molar-refractivity contribution is 14.0. The van der Waals surface area contributed by atoms with Crippen LogP contribution in [0.15, 0.2) is 4.99 Å². The van der Waals surface area contributed by atoms with E-state index in [-0.39, 0.29) is 24.0 Å². The van der Waals surface area contributed by atoms with Crippen molar-refractivity contribution in [3.63, 3.8) is 0 Å². The van der Waals surface area contributed by atoms with E-state index < -0.39 is 0 Å². The molecule has 1 saturated carbocycles. The summed E-state index contributed by atoms with van der Waals surface area (Å²) >= 11 is 0. The summed E-state index contributed by atoms with van der Waals surface area (Å²) < 4.78 is 5.59. The quantitative estimate of drug-likeness (QED) is 0.457. The smallest absolute Gasteiger partial charge is 0.191 e. The van der Waals surface area contributed by atoms with Crippen molar-refractivity contribution in [2.75, 3.05) is 20.2 Å². The maximum absolute atomic E-state index is 5.59. The van der Waals surface area contributed by atoms with Gasteiger partial charge < -0.3 is 15.4 Å². The van der Waals surface area contributed by atoms with Crippen LogP contribution in [0.25, 0.3) is 0 Å². The van der Waals surface area contributed by atoms with Gasteiger partial charge in [-0.05, 0) is 25.7 Å². The Bertz CT molecular complexity index is 249. The van der Waals surface area contributed by atoms with E-state index in [0.717, 1.165) is 19.1 Å². The monoisotopic (exact) mass is 367 g/mol. The van der Waals surface area contributed by atoms with Gasteiger partial charge in [-0.25, -0.2) is 0 Å². The third kappa shape index (κ3) is 5.30. The van der Waals surface area contributed by atoms with Gasteiger partial charge in [0.25, 0.3) is 0 Å². The Labute approximate surface area is 127 Å². The number of nitrogens with one attached hydrogen (secondary N) is 2. The van der Waals surface area contributed by atoms with Gasteiger partial charge >= 0.3 is 0 Å². The zero-order chi connectivity index (χ0) is 11.9. The molecule has 0 aromatic carbocycles. The number of ether oxygens (including phenoxy) is 1. The number of hydrogen-bond acceptors (Lipinski definition) is 2. The second-order valence-corrected chi connectivity index (χ2v) is 5.07. The topological polar surface area (TPSA) is 45.7 Å². The molecule has 18 heavy (non-hydrogen) atoms. The number of rotatable bonds is 3. The highest BCUT2D eigenvalue weighted by Crippen LogP contribution is 2.17. The van der Waals surface area contributed by atoms with Crippen molar-refractivity contribution < 1.29 is 4.74 Å². The van der Waals surface area contributed by atoms with Gasteiger partial charge in [-0.2, -0.15) is 0 Å². The second-order valence-electron chi connectivity index (χ2n) is 5.07. The number of hydrogen-bond donors (Lipinski definition) is 2. The predicted octanol–water partition coefficient (Wildman–Crippen LogP) is 2.28. The molecular weight excluding hydrogens is 341 g/mol. The lowest BCUT2D eigenvalue weighted by Crippen LogP contribution is -2.46. The largest absolute Gasteiger partial charge is 0.376 e. The van der Waals surface area contributed by atoms with Crippen molar-refractivity contribution in [2.24, 2.45) is 4.99 Å². The standard InChI is InChI=1S/C13H25N3O.HI/c1-14-13(15-10-12-8-5-9-17-12)16-11-6-3-2-4-7-11;/h11-12H,2-10H2,1H3,(H2,14,15,16);1H. The van der Waals surface area contributed by atoms with Crippen molar-refractivity contribution in [3.8, 4) is 0 Å². The summed E-state index contributed by atoms with van der Waals surface area (Å²) in [4.78, 5) is 4.28. The Morgan fingerprint density at radius 3 is 2.56 bits per heavy atom. The lowest BCUT2D eigenvalue weighted by Gasteiger charge is -2.25. The van der Waals surface area contributed by atoms with E-state index in [0.29, 0.717) is 12.1 Å². The van der Waals surface area contributed by atoms with Crippen LogP contribution < -0.4 is 10.6 Å². The van der Waals surface area contributed by atoms with Crippen molar-refractivity contribution in [1.82, 2.24) is 10.6 Å².